The molecule has 126 heavy (non-hydrogen) atoms. The van der Waals surface area contributed by atoms with Gasteiger partial charge in [-0.1, -0.05) is 304 Å². The van der Waals surface area contributed by atoms with Gasteiger partial charge in [-0.25, -0.2) is 0 Å². The van der Waals surface area contributed by atoms with Crippen LogP contribution in [0.15, 0.2) is 400 Å². The number of anilines is 6. The van der Waals surface area contributed by atoms with Gasteiger partial charge in [0.25, 0.3) is 0 Å². The van der Waals surface area contributed by atoms with Crippen molar-refractivity contribution in [2.24, 2.45) is 5.92 Å². The van der Waals surface area contributed by atoms with Crippen molar-refractivity contribution in [3.63, 3.8) is 0 Å². The fourth-order valence-corrected chi connectivity index (χ4v) is 22.6. The van der Waals surface area contributed by atoms with Gasteiger partial charge in [0.05, 0.1) is 22.1 Å². The third-order valence-corrected chi connectivity index (χ3v) is 29.2. The predicted molar refractivity (Wildman–Crippen MR) is 532 cm³/mol. The summed E-state index contributed by atoms with van der Waals surface area (Å²) in [6.45, 7) is 19.1. The molecule has 24 rings (SSSR count). The number of hydrogen-bond donors (Lipinski definition) is 0. The molecule has 602 valence electrons. The molecule has 17 aromatic carbocycles. The molecule has 5 aliphatic carbocycles. The number of nitrogens with zero attached hydrogens (tertiary/aromatic N) is 4. The Morgan fingerprint density at radius 3 is 0.929 bits per heavy atom. The van der Waals surface area contributed by atoms with Crippen LogP contribution in [0.25, 0.3) is 139 Å². The predicted octanol–water partition coefficient (Wildman–Crippen LogP) is 32.6. The highest BCUT2D eigenvalue weighted by atomic mass is 15.1. The number of hydrogen-bond acceptors (Lipinski definition) is 2. The molecular formula is C122H94N4. The van der Waals surface area contributed by atoms with Gasteiger partial charge in [0, 0.05) is 89.2 Å². The minimum atomic E-state index is -0.105. The molecule has 0 bridgehead atoms. The monoisotopic (exact) mass is 1610 g/mol. The third kappa shape index (κ3) is 11.7. The molecule has 0 saturated heterocycles. The molecule has 0 spiro atoms. The Morgan fingerprint density at radius 2 is 0.548 bits per heavy atom. The Balaban J connectivity index is 0.525. The molecule has 2 aromatic heterocycles. The van der Waals surface area contributed by atoms with Gasteiger partial charge in [-0.15, -0.1) is 0 Å². The fraction of sp³-hybridized carbons (Fsp3) is 0.115. The zero-order chi connectivity index (χ0) is 84.6. The SMILES string of the molecule is CC1(C)c2ccccc2-c2ccc(-c3ccc4c(c3)c3cc(C5=CC6C(C=C5)c5ccccc5C6(C)C)ccc3n4-c3ccc(N(c4ccccc4)c4ccc(/C=C/c5ccc(N(c6ccccc6)c6ccc(-n7c8ccc(-c9ccc%10c(c9)C(C)(C)c9ccccc9-%10)cc8c8cc(-c9ccc%10c(c9)C(C)(C)c9ccccc9-%10)ccc87)cc6)cc5)cc4)cc3)cc21. The van der Waals surface area contributed by atoms with E-state index < -0.39 is 0 Å². The van der Waals surface area contributed by atoms with E-state index in [1.165, 1.54) is 166 Å². The van der Waals surface area contributed by atoms with E-state index in [1.54, 1.807) is 0 Å². The first-order valence-corrected chi connectivity index (χ1v) is 44.7. The Labute approximate surface area is 738 Å². The Bertz CT molecular complexity index is 7630. The lowest BCUT2D eigenvalue weighted by atomic mass is 9.73. The molecular weight excluding hydrogens is 1520 g/mol. The van der Waals surface area contributed by atoms with E-state index in [-0.39, 0.29) is 21.7 Å². The lowest BCUT2D eigenvalue weighted by Gasteiger charge is -2.31. The molecule has 2 atom stereocenters. The summed E-state index contributed by atoms with van der Waals surface area (Å²) in [5.74, 6) is 0.739. The van der Waals surface area contributed by atoms with Crippen LogP contribution < -0.4 is 9.80 Å². The number of rotatable bonds is 14. The normalized spacial score (nSPS) is 16.0. The zero-order valence-corrected chi connectivity index (χ0v) is 72.2. The van der Waals surface area contributed by atoms with E-state index in [9.17, 15) is 0 Å². The lowest BCUT2D eigenvalue weighted by Crippen LogP contribution is -2.25. The summed E-state index contributed by atoms with van der Waals surface area (Å²) in [5.41, 5.74) is 44.4. The standard InChI is InChI=1S/C122H94N4/c1-119(2)107-31-19-15-27-95(107)99-61-41-83(73-111(99)119)79-45-65-115-103(69-79)104-70-80(84-42-62-100-96-28-16-20-32-108(96)120(3,4)112(100)74-84)46-66-116(104)125(115)93-57-53-91(54-58-93)123(87-23-11-9-12-24-87)89-49-37-77(38-50-89)35-36-78-39-51-90(52-40-78)124(88-25-13-10-14-26-88)92-55-59-94(60-56-92)126-117-67-47-81(85-43-63-101-97-29-17-21-33-109(97)121(5,6)113(101)75-85)71-105(117)106-72-82(48-68-118(106)126)86-44-64-102-98-30-18-22-34-110(98)122(7,8)114(102)76-86/h9-76,99,111H,1-8H3/b36-35+. The average molecular weight is 1620 g/mol. The molecule has 0 N–H and O–H groups in total. The second kappa shape index (κ2) is 28.4. The van der Waals surface area contributed by atoms with Crippen LogP contribution in [0.1, 0.15) is 123 Å². The fourth-order valence-electron chi connectivity index (χ4n) is 22.6. The molecule has 0 radical (unpaired) electrons. The highest BCUT2D eigenvalue weighted by molar-refractivity contribution is 6.13. The summed E-state index contributed by atoms with van der Waals surface area (Å²) in [5, 5.41) is 4.93. The summed E-state index contributed by atoms with van der Waals surface area (Å²) in [4.78, 5) is 4.73. The van der Waals surface area contributed by atoms with Crippen LogP contribution in [0.4, 0.5) is 34.1 Å². The number of aromatic nitrogens is 2. The van der Waals surface area contributed by atoms with Gasteiger partial charge in [0.15, 0.2) is 0 Å². The minimum absolute atomic E-state index is 0.0147. The summed E-state index contributed by atoms with van der Waals surface area (Å²) >= 11 is 0. The van der Waals surface area contributed by atoms with Gasteiger partial charge in [-0.3, -0.25) is 0 Å². The van der Waals surface area contributed by atoms with Crippen molar-refractivity contribution in [3.8, 4) is 78.1 Å². The third-order valence-electron chi connectivity index (χ3n) is 29.2. The van der Waals surface area contributed by atoms with Crippen LogP contribution in [0.3, 0.4) is 0 Å². The van der Waals surface area contributed by atoms with E-state index in [4.69, 9.17) is 0 Å². The van der Waals surface area contributed by atoms with Gasteiger partial charge in [0.2, 0.25) is 0 Å². The molecule has 4 heteroatoms. The first-order chi connectivity index (χ1) is 61.5. The van der Waals surface area contributed by atoms with E-state index >= 15 is 0 Å². The van der Waals surface area contributed by atoms with Crippen molar-refractivity contribution in [1.82, 2.24) is 9.13 Å². The molecule has 0 aliphatic heterocycles. The second-order valence-corrected chi connectivity index (χ2v) is 37.6. The number of allylic oxidation sites excluding steroid dienone is 4. The van der Waals surface area contributed by atoms with Crippen LogP contribution >= 0.6 is 0 Å². The van der Waals surface area contributed by atoms with E-state index in [2.05, 4.69) is 487 Å². The molecule has 0 amide bonds. The Kier molecular flexibility index (Phi) is 16.9. The largest absolute Gasteiger partial charge is 0.311 e. The van der Waals surface area contributed by atoms with E-state index in [0.717, 1.165) is 56.6 Å². The van der Waals surface area contributed by atoms with Crippen molar-refractivity contribution < 1.29 is 0 Å². The molecule has 5 aliphatic rings. The van der Waals surface area contributed by atoms with Crippen molar-refractivity contribution in [1.29, 1.82) is 0 Å². The molecule has 19 aromatic rings. The van der Waals surface area contributed by atoms with Crippen molar-refractivity contribution >= 4 is 95.5 Å². The van der Waals surface area contributed by atoms with E-state index in [0.29, 0.717) is 11.8 Å². The molecule has 2 unspecified atom stereocenters. The maximum atomic E-state index is 2.57. The molecule has 0 fully saturated rings. The maximum absolute atomic E-state index is 2.57. The Morgan fingerprint density at radius 1 is 0.254 bits per heavy atom. The maximum Gasteiger partial charge on any atom is 0.0541 e. The summed E-state index contributed by atoms with van der Waals surface area (Å²) in [6, 6.07) is 144. The minimum Gasteiger partial charge on any atom is -0.311 e. The van der Waals surface area contributed by atoms with E-state index in [1.807, 2.05) is 0 Å². The smallest absolute Gasteiger partial charge is 0.0541 e. The van der Waals surface area contributed by atoms with Crippen molar-refractivity contribution in [2.45, 2.75) is 83.0 Å². The van der Waals surface area contributed by atoms with Gasteiger partial charge >= 0.3 is 0 Å². The number of para-hydroxylation sites is 2. The Hall–Kier alpha value is -14.8. The van der Waals surface area contributed by atoms with Crippen LogP contribution in [0, 0.1) is 5.92 Å². The zero-order valence-electron chi connectivity index (χ0n) is 72.2. The number of benzene rings is 17. The van der Waals surface area contributed by atoms with Crippen LogP contribution in [-0.4, -0.2) is 9.13 Å². The van der Waals surface area contributed by atoms with Crippen LogP contribution in [-0.2, 0) is 21.7 Å². The van der Waals surface area contributed by atoms with Gasteiger partial charge in [0.1, 0.15) is 0 Å². The van der Waals surface area contributed by atoms with Crippen molar-refractivity contribution in [3.05, 3.63) is 462 Å². The second-order valence-electron chi connectivity index (χ2n) is 37.6. The first kappa shape index (κ1) is 74.9. The number of fused-ring (bicyclic) bond motifs is 18. The summed E-state index contributed by atoms with van der Waals surface area (Å²) in [7, 11) is 0. The summed E-state index contributed by atoms with van der Waals surface area (Å²) in [6.07, 6.45) is 11.9. The van der Waals surface area contributed by atoms with Gasteiger partial charge < -0.3 is 18.9 Å². The molecule has 2 heterocycles. The lowest BCUT2D eigenvalue weighted by molar-refractivity contribution is 0.395. The summed E-state index contributed by atoms with van der Waals surface area (Å²) < 4.78 is 4.94. The molecule has 4 nitrogen and oxygen atoms in total. The first-order valence-electron chi connectivity index (χ1n) is 44.7. The topological polar surface area (TPSA) is 16.3 Å². The van der Waals surface area contributed by atoms with Crippen LogP contribution in [0.2, 0.25) is 0 Å². The quantitative estimate of drug-likeness (QED) is 0.101. The van der Waals surface area contributed by atoms with Crippen molar-refractivity contribution in [2.75, 3.05) is 9.80 Å². The van der Waals surface area contributed by atoms with Crippen LogP contribution in [0.5, 0.6) is 0 Å². The van der Waals surface area contributed by atoms with Gasteiger partial charge in [-0.05, 0) is 309 Å². The highest BCUT2D eigenvalue weighted by Gasteiger charge is 2.46. The average Bonchev–Trinajstić information content (AvgIpc) is 1.56. The van der Waals surface area contributed by atoms with Gasteiger partial charge in [-0.2, -0.15) is 0 Å². The molecule has 0 saturated carbocycles. The highest BCUT2D eigenvalue weighted by Crippen LogP contribution is 2.57.